The van der Waals surface area contributed by atoms with Crippen molar-refractivity contribution in [1.82, 2.24) is 20.0 Å². The van der Waals surface area contributed by atoms with Crippen molar-refractivity contribution in [2.45, 2.75) is 0 Å². The fraction of sp³-hybridized carbons (Fsp3) is 0. The third kappa shape index (κ3) is 2.61. The van der Waals surface area contributed by atoms with Gasteiger partial charge in [0.1, 0.15) is 11.4 Å². The van der Waals surface area contributed by atoms with Crippen LogP contribution in [0.4, 0.5) is 0 Å². The first-order valence-corrected chi connectivity index (χ1v) is 6.39. The van der Waals surface area contributed by atoms with Crippen LogP contribution >= 0.6 is 11.6 Å². The van der Waals surface area contributed by atoms with Crippen molar-refractivity contribution in [3.63, 3.8) is 0 Å². The van der Waals surface area contributed by atoms with Crippen LogP contribution in [0.2, 0.25) is 5.02 Å². The number of carbonyl (C=O) groups is 1. The number of rotatable bonds is 3. The van der Waals surface area contributed by atoms with E-state index in [1.807, 2.05) is 0 Å². The molecule has 21 heavy (non-hydrogen) atoms. The first-order chi connectivity index (χ1) is 10.1. The van der Waals surface area contributed by atoms with E-state index in [2.05, 4.69) is 15.3 Å². The van der Waals surface area contributed by atoms with Crippen LogP contribution in [0.3, 0.4) is 0 Å². The van der Waals surface area contributed by atoms with Crippen LogP contribution in [0, 0.1) is 0 Å². The Morgan fingerprint density at radius 3 is 2.62 bits per heavy atom. The topological polar surface area (TPSA) is 80.9 Å². The first-order valence-electron chi connectivity index (χ1n) is 6.01. The zero-order valence-corrected chi connectivity index (χ0v) is 11.4. The summed E-state index contributed by atoms with van der Waals surface area (Å²) in [4.78, 5) is 14.8. The summed E-state index contributed by atoms with van der Waals surface area (Å²) in [6, 6.07) is 8.08. The number of carboxylic acid groups (broad SMARTS) is 1. The summed E-state index contributed by atoms with van der Waals surface area (Å²) in [7, 11) is 0. The number of hydrogen-bond donors (Lipinski definition) is 1. The predicted molar refractivity (Wildman–Crippen MR) is 76.6 cm³/mol. The molecule has 0 bridgehead atoms. The van der Waals surface area contributed by atoms with Crippen LogP contribution in [0.15, 0.2) is 48.9 Å². The van der Waals surface area contributed by atoms with Gasteiger partial charge in [-0.2, -0.15) is 0 Å². The molecule has 0 radical (unpaired) electrons. The molecule has 2 heterocycles. The molecule has 1 aromatic carbocycles. The molecule has 0 fully saturated rings. The molecular formula is C14H9ClN4O2. The largest absolute Gasteiger partial charge is 0.478 e. The van der Waals surface area contributed by atoms with E-state index in [1.54, 1.807) is 36.8 Å². The molecule has 0 saturated heterocycles. The number of pyridine rings is 1. The highest BCUT2D eigenvalue weighted by molar-refractivity contribution is 6.32. The van der Waals surface area contributed by atoms with Crippen molar-refractivity contribution < 1.29 is 9.90 Å². The van der Waals surface area contributed by atoms with Crippen molar-refractivity contribution in [3.8, 4) is 16.9 Å². The molecule has 0 aliphatic heterocycles. The summed E-state index contributed by atoms with van der Waals surface area (Å²) in [5.41, 5.74) is 2.24. The lowest BCUT2D eigenvalue weighted by molar-refractivity contribution is 0.0697. The minimum atomic E-state index is -0.965. The van der Waals surface area contributed by atoms with E-state index in [4.69, 9.17) is 16.7 Å². The first kappa shape index (κ1) is 13.3. The maximum Gasteiger partial charge on any atom is 0.335 e. The van der Waals surface area contributed by atoms with Gasteiger partial charge in [-0.05, 0) is 18.2 Å². The Labute approximate surface area is 124 Å². The van der Waals surface area contributed by atoms with E-state index >= 15 is 0 Å². The number of halogens is 1. The van der Waals surface area contributed by atoms with Gasteiger partial charge in [0.05, 0.1) is 23.0 Å². The van der Waals surface area contributed by atoms with Gasteiger partial charge < -0.3 is 5.11 Å². The average Bonchev–Trinajstić information content (AvgIpc) is 2.97. The molecule has 6 nitrogen and oxygen atoms in total. The van der Waals surface area contributed by atoms with Crippen molar-refractivity contribution in [2.24, 2.45) is 0 Å². The number of nitrogens with zero attached hydrogens (tertiary/aromatic N) is 4. The van der Waals surface area contributed by atoms with Gasteiger partial charge in [-0.3, -0.25) is 4.98 Å². The van der Waals surface area contributed by atoms with E-state index in [9.17, 15) is 4.79 Å². The van der Waals surface area contributed by atoms with Crippen LogP contribution < -0.4 is 0 Å². The molecule has 0 aliphatic rings. The van der Waals surface area contributed by atoms with Crippen LogP contribution in [0.5, 0.6) is 0 Å². The van der Waals surface area contributed by atoms with Crippen molar-refractivity contribution in [2.75, 3.05) is 0 Å². The summed E-state index contributed by atoms with van der Waals surface area (Å²) < 4.78 is 1.52. The van der Waals surface area contributed by atoms with Crippen molar-refractivity contribution in [3.05, 3.63) is 59.5 Å². The third-order valence-corrected chi connectivity index (χ3v) is 3.24. The van der Waals surface area contributed by atoms with Crippen molar-refractivity contribution in [1.29, 1.82) is 0 Å². The maximum absolute atomic E-state index is 10.8. The lowest BCUT2D eigenvalue weighted by atomic mass is 10.1. The molecule has 104 valence electrons. The monoisotopic (exact) mass is 300 g/mol. The van der Waals surface area contributed by atoms with Gasteiger partial charge in [-0.15, -0.1) is 5.10 Å². The molecule has 1 N–H and O–H groups in total. The molecule has 0 amide bonds. The Balaban J connectivity index is 1.95. The smallest absolute Gasteiger partial charge is 0.335 e. The number of hydrogen-bond acceptors (Lipinski definition) is 4. The summed E-state index contributed by atoms with van der Waals surface area (Å²) in [6.45, 7) is 0. The average molecular weight is 301 g/mol. The van der Waals surface area contributed by atoms with E-state index in [-0.39, 0.29) is 5.56 Å². The van der Waals surface area contributed by atoms with Gasteiger partial charge in [0.2, 0.25) is 0 Å². The summed E-state index contributed by atoms with van der Waals surface area (Å²) in [5, 5.41) is 17.5. The molecule has 0 aliphatic carbocycles. The molecule has 3 rings (SSSR count). The second-order valence-corrected chi connectivity index (χ2v) is 4.67. The third-order valence-electron chi connectivity index (χ3n) is 2.92. The van der Waals surface area contributed by atoms with Gasteiger partial charge >= 0.3 is 5.97 Å². The van der Waals surface area contributed by atoms with Gasteiger partial charge in [0, 0.05) is 11.8 Å². The van der Waals surface area contributed by atoms with Crippen molar-refractivity contribution >= 4 is 17.6 Å². The Hall–Kier alpha value is -2.73. The Morgan fingerprint density at radius 1 is 1.19 bits per heavy atom. The van der Waals surface area contributed by atoms with Crippen LogP contribution in [0.25, 0.3) is 16.9 Å². The maximum atomic E-state index is 10.8. The van der Waals surface area contributed by atoms with E-state index < -0.39 is 5.97 Å². The van der Waals surface area contributed by atoms with E-state index in [0.717, 1.165) is 5.56 Å². The highest BCUT2D eigenvalue weighted by Crippen LogP contribution is 2.21. The van der Waals surface area contributed by atoms with Gasteiger partial charge in [-0.1, -0.05) is 28.9 Å². The zero-order valence-electron chi connectivity index (χ0n) is 10.6. The lowest BCUT2D eigenvalue weighted by Crippen LogP contribution is -1.96. The summed E-state index contributed by atoms with van der Waals surface area (Å²) >= 11 is 6.08. The number of benzene rings is 1. The summed E-state index contributed by atoms with van der Waals surface area (Å²) in [5.74, 6) is -0.965. The Kier molecular flexibility index (Phi) is 3.37. The molecule has 0 spiro atoms. The number of aromatic carboxylic acids is 1. The predicted octanol–water partition coefficient (Wildman–Crippen LogP) is 2.68. The molecule has 7 heteroatoms. The Morgan fingerprint density at radius 2 is 1.95 bits per heavy atom. The highest BCUT2D eigenvalue weighted by atomic mass is 35.5. The number of aromatic nitrogens is 4. The fourth-order valence-corrected chi connectivity index (χ4v) is 2.03. The Bertz CT molecular complexity index is 799. The van der Waals surface area contributed by atoms with Crippen LogP contribution in [-0.2, 0) is 0 Å². The normalized spacial score (nSPS) is 10.5. The fourth-order valence-electron chi connectivity index (χ4n) is 1.84. The minimum absolute atomic E-state index is 0.224. The molecule has 0 atom stereocenters. The number of carboxylic acids is 1. The molecule has 2 aromatic heterocycles. The van der Waals surface area contributed by atoms with E-state index in [1.165, 1.54) is 16.8 Å². The lowest BCUT2D eigenvalue weighted by Gasteiger charge is -2.00. The van der Waals surface area contributed by atoms with Crippen LogP contribution in [0.1, 0.15) is 10.4 Å². The zero-order chi connectivity index (χ0) is 14.8. The standard InChI is InChI=1S/C14H9ClN4O2/c15-11-5-6-16-7-13(11)19-8-12(17-18-19)9-1-3-10(4-2-9)14(20)21/h1-8H,(H,20,21). The highest BCUT2D eigenvalue weighted by Gasteiger charge is 2.09. The summed E-state index contributed by atoms with van der Waals surface area (Å²) in [6.07, 6.45) is 4.89. The second-order valence-electron chi connectivity index (χ2n) is 4.26. The SMILES string of the molecule is O=C(O)c1ccc(-c2cn(-c3cnccc3Cl)nn2)cc1. The molecule has 3 aromatic rings. The van der Waals surface area contributed by atoms with Gasteiger partial charge in [0.25, 0.3) is 0 Å². The van der Waals surface area contributed by atoms with Gasteiger partial charge in [-0.25, -0.2) is 9.48 Å². The van der Waals surface area contributed by atoms with Crippen LogP contribution in [-0.4, -0.2) is 31.1 Å². The molecule has 0 saturated carbocycles. The molecule has 0 unspecified atom stereocenters. The van der Waals surface area contributed by atoms with Gasteiger partial charge in [0.15, 0.2) is 0 Å². The molecular weight excluding hydrogens is 292 g/mol. The quantitative estimate of drug-likeness (QED) is 0.804. The second kappa shape index (κ2) is 5.34. The van der Waals surface area contributed by atoms with E-state index in [0.29, 0.717) is 16.4 Å². The minimum Gasteiger partial charge on any atom is -0.478 e.